The van der Waals surface area contributed by atoms with Crippen LogP contribution in [0.25, 0.3) is 16.9 Å². The molecule has 1 heterocycles. The van der Waals surface area contributed by atoms with Crippen LogP contribution in [-0.2, 0) is 33.3 Å². The van der Waals surface area contributed by atoms with Gasteiger partial charge in [0.15, 0.2) is 0 Å². The molecule has 2 nitrogen and oxygen atoms in total. The van der Waals surface area contributed by atoms with Crippen LogP contribution >= 0.6 is 0 Å². The summed E-state index contributed by atoms with van der Waals surface area (Å²) in [4.78, 5) is 0. The molecule has 0 fully saturated rings. The van der Waals surface area contributed by atoms with Crippen molar-refractivity contribution in [3.8, 4) is 0 Å². The van der Waals surface area contributed by atoms with Gasteiger partial charge in [0.25, 0.3) is 0 Å². The number of rotatable bonds is 65. The van der Waals surface area contributed by atoms with E-state index < -0.39 is 0 Å². The first-order valence-electron chi connectivity index (χ1n) is 45.9. The van der Waals surface area contributed by atoms with E-state index >= 15 is 0 Å². The molecule has 4 aromatic carbocycles. The van der Waals surface area contributed by atoms with Crippen molar-refractivity contribution < 1.29 is 25.1 Å². The second-order valence-electron chi connectivity index (χ2n) is 32.2. The molecule has 4 aromatic rings. The SMILES string of the molecule is CCCCCCCCCCCCCCCCCCCCCC1=C(c2ccccc2CCC(C=C(CC)CCCCCCCCCCCCC)CC)[N+](=[N-])C(c2ccccc2CCC(C=C(CC)CCCCCCCCCCCCC)CC)=C1CCCCCCCC.[CH2-]c1ccccc1.[CH2-]c1ccccc1.[Pd+2]. The van der Waals surface area contributed by atoms with Crippen molar-refractivity contribution in [3.05, 3.63) is 196 Å². The van der Waals surface area contributed by atoms with Gasteiger partial charge in [-0.05, 0) is 138 Å². The Kier molecular flexibility index (Phi) is 64.7. The molecule has 0 spiro atoms. The van der Waals surface area contributed by atoms with E-state index in [1.165, 1.54) is 374 Å². The Morgan fingerprint density at radius 2 is 0.538 bits per heavy atom. The van der Waals surface area contributed by atoms with Gasteiger partial charge in [-0.3, -0.25) is 0 Å². The first kappa shape index (κ1) is 97.9. The summed E-state index contributed by atoms with van der Waals surface area (Å²) in [5, 5.41) is 0. The van der Waals surface area contributed by atoms with E-state index in [2.05, 4.69) is 130 Å². The van der Waals surface area contributed by atoms with Crippen LogP contribution in [0.1, 0.15) is 455 Å². The molecule has 0 bridgehead atoms. The minimum absolute atomic E-state index is 0. The Labute approximate surface area is 674 Å². The molecular weight excluding hydrogens is 1370 g/mol. The van der Waals surface area contributed by atoms with E-state index in [9.17, 15) is 5.53 Å². The van der Waals surface area contributed by atoms with Gasteiger partial charge in [0, 0.05) is 22.3 Å². The zero-order valence-electron chi connectivity index (χ0n) is 71.0. The van der Waals surface area contributed by atoms with Crippen LogP contribution in [-0.4, -0.2) is 4.70 Å². The summed E-state index contributed by atoms with van der Waals surface area (Å²) in [5.41, 5.74) is 29.2. The summed E-state index contributed by atoms with van der Waals surface area (Å²) in [6.07, 6.45) is 84.3. The van der Waals surface area contributed by atoms with Crippen molar-refractivity contribution in [2.24, 2.45) is 11.8 Å². The van der Waals surface area contributed by atoms with Crippen molar-refractivity contribution >= 4 is 11.4 Å². The molecule has 0 aliphatic carbocycles. The number of aryl methyl sites for hydroxylation is 2. The fraction of sp³-hybridized carbons (Fsp3) is 0.670. The van der Waals surface area contributed by atoms with Crippen molar-refractivity contribution in [3.63, 3.8) is 0 Å². The monoisotopic (exact) mass is 1540 g/mol. The van der Waals surface area contributed by atoms with E-state index in [0.29, 0.717) is 11.8 Å². The van der Waals surface area contributed by atoms with E-state index in [0.717, 1.165) is 61.0 Å². The Balaban J connectivity index is 0.00000226. The van der Waals surface area contributed by atoms with Gasteiger partial charge in [-0.25, -0.2) is 4.70 Å². The van der Waals surface area contributed by atoms with Gasteiger partial charge >= 0.3 is 20.4 Å². The molecule has 0 amide bonds. The minimum atomic E-state index is 0. The largest absolute Gasteiger partial charge is 2.00 e. The van der Waals surface area contributed by atoms with Gasteiger partial charge < -0.3 is 5.53 Å². The van der Waals surface area contributed by atoms with E-state index in [1.807, 2.05) is 60.7 Å². The Morgan fingerprint density at radius 3 is 0.774 bits per heavy atom. The number of unbranched alkanes of at least 4 members (excludes halogenated alkanes) is 43. The molecule has 2 unspecified atom stereocenters. The molecule has 600 valence electrons. The fourth-order valence-corrected chi connectivity index (χ4v) is 16.0. The zero-order valence-corrected chi connectivity index (χ0v) is 72.6. The number of allylic oxidation sites excluding steroid dienone is 6. The topological polar surface area (TPSA) is 25.3 Å². The van der Waals surface area contributed by atoms with Gasteiger partial charge in [-0.2, -0.15) is 49.2 Å². The molecule has 0 saturated heterocycles. The molecule has 5 rings (SSSR count). The number of nitrogens with zero attached hydrogens (tertiary/aromatic N) is 2. The van der Waals surface area contributed by atoms with Crippen LogP contribution in [0.15, 0.2) is 144 Å². The van der Waals surface area contributed by atoms with Crippen molar-refractivity contribution in [2.45, 2.75) is 434 Å². The van der Waals surface area contributed by atoms with E-state index in [1.54, 1.807) is 15.8 Å². The molecule has 0 radical (unpaired) electrons. The summed E-state index contributed by atoms with van der Waals surface area (Å²) < 4.78 is 1.76. The number of hydrogen-bond donors (Lipinski definition) is 0. The van der Waals surface area contributed by atoms with Gasteiger partial charge in [0.05, 0.1) is 0 Å². The van der Waals surface area contributed by atoms with Crippen LogP contribution in [0.2, 0.25) is 0 Å². The third-order valence-electron chi connectivity index (χ3n) is 23.1. The first-order chi connectivity index (χ1) is 51.7. The molecule has 2 atom stereocenters. The van der Waals surface area contributed by atoms with Crippen molar-refractivity contribution in [2.75, 3.05) is 0 Å². The zero-order chi connectivity index (χ0) is 75.5. The maximum Gasteiger partial charge on any atom is 2.00 e. The predicted octanol–water partition coefficient (Wildman–Crippen LogP) is 35.2. The number of hydrogen-bond acceptors (Lipinski definition) is 0. The molecule has 106 heavy (non-hydrogen) atoms. The molecule has 0 saturated carbocycles. The van der Waals surface area contributed by atoms with Crippen molar-refractivity contribution in [1.82, 2.24) is 0 Å². The second-order valence-corrected chi connectivity index (χ2v) is 32.2. The predicted molar refractivity (Wildman–Crippen MR) is 471 cm³/mol. The standard InChI is InChI=1S/C89H154N2.2C7H7.Pd/c1-9-17-21-25-29-32-35-36-37-38-39-40-41-42-45-48-51-55-59-71-87-86(70-58-54-28-24-20-12-4)88(84-68-62-60-66-82(84)74-72-80(15-7)76-78(13-5)64-56-52-49-46-43-33-30-26-22-18-10-2)91(90)89(87)85-69-63-61-67-83(85)75-73-81(16-8)77-79(14-6)65-57-53-50-47-44-34-31-27-23-19-11-3;2*1-7-5-3-2-4-6-7;/h60-63,66-69,76-77,80-81H,9-59,64-65,70-75H2,1-8H3;2*2-6H,1H2;/q;2*-1;+2. The molecule has 0 N–H and O–H groups in total. The third kappa shape index (κ3) is 47.8. The smallest absolute Gasteiger partial charge is 0.493 e. The maximum absolute atomic E-state index is 13.3. The second kappa shape index (κ2) is 70.0. The molecule has 1 aliphatic heterocycles. The summed E-state index contributed by atoms with van der Waals surface area (Å²) in [7, 11) is 0. The van der Waals surface area contributed by atoms with Crippen LogP contribution in [0.3, 0.4) is 0 Å². The van der Waals surface area contributed by atoms with E-state index in [4.69, 9.17) is 0 Å². The summed E-state index contributed by atoms with van der Waals surface area (Å²) >= 11 is 0. The molecule has 0 aromatic heterocycles. The number of benzene rings is 4. The maximum atomic E-state index is 13.3. The van der Waals surface area contributed by atoms with Gasteiger partial charge in [-0.1, -0.05) is 403 Å². The summed E-state index contributed by atoms with van der Waals surface area (Å²) in [5.74, 6) is 1.15. The Bertz CT molecular complexity index is 2740. The normalized spacial score (nSPS) is 13.0. The molecular formula is C103H168N2Pd. The minimum Gasteiger partial charge on any atom is -0.493 e. The van der Waals surface area contributed by atoms with Crippen LogP contribution in [0.5, 0.6) is 0 Å². The molecule has 1 aliphatic rings. The van der Waals surface area contributed by atoms with Crippen LogP contribution in [0.4, 0.5) is 0 Å². The third-order valence-corrected chi connectivity index (χ3v) is 23.1. The van der Waals surface area contributed by atoms with Gasteiger partial charge in [-0.15, -0.1) is 24.3 Å². The van der Waals surface area contributed by atoms with E-state index in [-0.39, 0.29) is 20.4 Å². The van der Waals surface area contributed by atoms with Gasteiger partial charge in [0.1, 0.15) is 0 Å². The quantitative estimate of drug-likeness (QED) is 0.0138. The van der Waals surface area contributed by atoms with Crippen molar-refractivity contribution in [1.29, 1.82) is 0 Å². The van der Waals surface area contributed by atoms with Crippen LogP contribution < -0.4 is 0 Å². The Hall–Kier alpha value is -4.16. The molecule has 3 heteroatoms. The summed E-state index contributed by atoms with van der Waals surface area (Å²) in [6.45, 7) is 26.4. The Morgan fingerprint density at radius 1 is 0.302 bits per heavy atom. The average Bonchev–Trinajstić information content (AvgIpc) is 1.60. The first-order valence-corrected chi connectivity index (χ1v) is 45.9. The van der Waals surface area contributed by atoms with Crippen LogP contribution in [0, 0.1) is 25.7 Å². The van der Waals surface area contributed by atoms with Gasteiger partial charge in [0.2, 0.25) is 11.4 Å². The fourth-order valence-electron chi connectivity index (χ4n) is 16.0. The summed E-state index contributed by atoms with van der Waals surface area (Å²) in [6, 6.07) is 38.4. The average molecular weight is 1540 g/mol.